The summed E-state index contributed by atoms with van der Waals surface area (Å²) in [5, 5.41) is 5.15. The highest BCUT2D eigenvalue weighted by atomic mass is 79.9. The monoisotopic (exact) mass is 229 g/mol. The molecule has 0 bridgehead atoms. The van der Waals surface area contributed by atoms with Gasteiger partial charge in [0.1, 0.15) is 4.60 Å². The van der Waals surface area contributed by atoms with E-state index in [9.17, 15) is 0 Å². The van der Waals surface area contributed by atoms with Crippen molar-refractivity contribution in [2.45, 2.75) is 0 Å². The molecule has 0 radical (unpaired) electrons. The first-order valence-electron chi connectivity index (χ1n) is 3.03. The van der Waals surface area contributed by atoms with Gasteiger partial charge in [0, 0.05) is 6.20 Å². The number of halogens is 1. The SMILES string of the molecule is Pn1nc(Br)c2cccnc21. The molecule has 0 fully saturated rings. The Bertz CT molecular complexity index is 362. The van der Waals surface area contributed by atoms with Gasteiger partial charge in [-0.25, -0.2) is 9.44 Å². The minimum absolute atomic E-state index is 0.829. The van der Waals surface area contributed by atoms with E-state index in [1.807, 2.05) is 12.1 Å². The maximum Gasteiger partial charge on any atom is 0.161 e. The van der Waals surface area contributed by atoms with Crippen molar-refractivity contribution in [3.05, 3.63) is 22.9 Å². The molecular weight excluding hydrogens is 225 g/mol. The van der Waals surface area contributed by atoms with Gasteiger partial charge in [-0.3, -0.25) is 0 Å². The zero-order valence-corrected chi connectivity index (χ0v) is 8.27. The van der Waals surface area contributed by atoms with Crippen molar-refractivity contribution in [3.8, 4) is 0 Å². The van der Waals surface area contributed by atoms with Gasteiger partial charge in [-0.05, 0) is 37.5 Å². The Morgan fingerprint density at radius 2 is 2.36 bits per heavy atom. The maximum absolute atomic E-state index is 4.15. The number of hydrogen-bond acceptors (Lipinski definition) is 2. The van der Waals surface area contributed by atoms with Gasteiger partial charge in [0.15, 0.2) is 5.65 Å². The molecular formula is C6H5BrN3P. The molecule has 3 nitrogen and oxygen atoms in total. The second kappa shape index (κ2) is 2.54. The minimum Gasteiger partial charge on any atom is -0.237 e. The molecule has 2 aromatic rings. The molecule has 0 aromatic carbocycles. The molecule has 0 spiro atoms. The molecule has 0 aliphatic heterocycles. The predicted molar refractivity (Wildman–Crippen MR) is 50.3 cm³/mol. The number of nitrogens with zero attached hydrogens (tertiary/aromatic N) is 3. The molecule has 0 amide bonds. The summed E-state index contributed by atoms with van der Waals surface area (Å²) < 4.78 is 2.50. The smallest absolute Gasteiger partial charge is 0.161 e. The molecule has 0 saturated heterocycles. The molecule has 0 aliphatic rings. The van der Waals surface area contributed by atoms with Crippen LogP contribution in [0.5, 0.6) is 0 Å². The van der Waals surface area contributed by atoms with E-state index in [1.54, 1.807) is 10.6 Å². The van der Waals surface area contributed by atoms with Crippen LogP contribution in [0.15, 0.2) is 22.9 Å². The van der Waals surface area contributed by atoms with Crippen molar-refractivity contribution < 1.29 is 0 Å². The van der Waals surface area contributed by atoms with Gasteiger partial charge in [-0.1, -0.05) is 0 Å². The summed E-state index contributed by atoms with van der Waals surface area (Å²) in [4.78, 5) is 4.15. The Hall–Kier alpha value is -0.470. The highest BCUT2D eigenvalue weighted by Crippen LogP contribution is 2.21. The number of aromatic nitrogens is 3. The lowest BCUT2D eigenvalue weighted by atomic mass is 10.4. The number of pyridine rings is 1. The summed E-state index contributed by atoms with van der Waals surface area (Å²) in [5.41, 5.74) is 0.865. The second-order valence-corrected chi connectivity index (χ2v) is 3.35. The van der Waals surface area contributed by atoms with Crippen molar-refractivity contribution in [3.63, 3.8) is 0 Å². The van der Waals surface area contributed by atoms with E-state index in [4.69, 9.17) is 0 Å². The van der Waals surface area contributed by atoms with Crippen molar-refractivity contribution >= 4 is 36.4 Å². The summed E-state index contributed by atoms with van der Waals surface area (Å²) in [6.45, 7) is 0. The first-order chi connectivity index (χ1) is 5.29. The van der Waals surface area contributed by atoms with Crippen LogP contribution in [-0.4, -0.2) is 14.5 Å². The molecule has 0 N–H and O–H groups in total. The molecule has 2 rings (SSSR count). The Morgan fingerprint density at radius 1 is 1.55 bits per heavy atom. The zero-order valence-electron chi connectivity index (χ0n) is 5.53. The highest BCUT2D eigenvalue weighted by molar-refractivity contribution is 9.10. The van der Waals surface area contributed by atoms with Crippen molar-refractivity contribution in [2.75, 3.05) is 0 Å². The molecule has 11 heavy (non-hydrogen) atoms. The Morgan fingerprint density at radius 3 is 3.09 bits per heavy atom. The third-order valence-electron chi connectivity index (χ3n) is 1.42. The van der Waals surface area contributed by atoms with Crippen LogP contribution in [0.4, 0.5) is 0 Å². The van der Waals surface area contributed by atoms with Crippen LogP contribution >= 0.6 is 25.3 Å². The zero-order chi connectivity index (χ0) is 7.84. The predicted octanol–water partition coefficient (Wildman–Crippen LogP) is 1.83. The van der Waals surface area contributed by atoms with Gasteiger partial charge in [-0.15, -0.1) is 0 Å². The van der Waals surface area contributed by atoms with Crippen LogP contribution in [0.1, 0.15) is 0 Å². The fraction of sp³-hybridized carbons (Fsp3) is 0. The maximum atomic E-state index is 4.15. The van der Waals surface area contributed by atoms with Crippen LogP contribution in [0.3, 0.4) is 0 Å². The van der Waals surface area contributed by atoms with Crippen LogP contribution < -0.4 is 0 Å². The molecule has 5 heteroatoms. The van der Waals surface area contributed by atoms with Gasteiger partial charge < -0.3 is 0 Å². The Labute approximate surface area is 74.2 Å². The van der Waals surface area contributed by atoms with Gasteiger partial charge >= 0.3 is 0 Å². The van der Waals surface area contributed by atoms with Crippen LogP contribution in [0.2, 0.25) is 0 Å². The van der Waals surface area contributed by atoms with E-state index in [0.29, 0.717) is 0 Å². The fourth-order valence-electron chi connectivity index (χ4n) is 0.936. The van der Waals surface area contributed by atoms with Crippen LogP contribution in [0.25, 0.3) is 11.0 Å². The topological polar surface area (TPSA) is 30.7 Å². The van der Waals surface area contributed by atoms with Crippen molar-refractivity contribution in [1.29, 1.82) is 0 Å². The summed E-state index contributed by atoms with van der Waals surface area (Å²) in [5.74, 6) is 0. The quantitative estimate of drug-likeness (QED) is 0.646. The number of hydrogen-bond donors (Lipinski definition) is 0. The van der Waals surface area contributed by atoms with Gasteiger partial charge in [0.05, 0.1) is 5.39 Å². The van der Waals surface area contributed by atoms with E-state index in [-0.39, 0.29) is 0 Å². The van der Waals surface area contributed by atoms with Gasteiger partial charge in [0.25, 0.3) is 0 Å². The van der Waals surface area contributed by atoms with Gasteiger partial charge in [0.2, 0.25) is 0 Å². The van der Waals surface area contributed by atoms with Crippen molar-refractivity contribution in [1.82, 2.24) is 14.5 Å². The standard InChI is InChI=1S/C6H5BrN3P/c7-5-4-2-1-3-8-6(4)10(11)9-5/h1-3H,11H2. The lowest BCUT2D eigenvalue weighted by Gasteiger charge is -1.88. The Kier molecular flexibility index (Phi) is 1.66. The summed E-state index contributed by atoms with van der Waals surface area (Å²) in [6.07, 6.45) is 1.75. The van der Waals surface area contributed by atoms with E-state index >= 15 is 0 Å². The number of fused-ring (bicyclic) bond motifs is 1. The van der Waals surface area contributed by atoms with E-state index in [2.05, 4.69) is 35.4 Å². The lowest BCUT2D eigenvalue weighted by Crippen LogP contribution is -1.81. The third kappa shape index (κ3) is 1.06. The largest absolute Gasteiger partial charge is 0.237 e. The number of rotatable bonds is 0. The average Bonchev–Trinajstić information content (AvgIpc) is 2.30. The molecule has 2 heterocycles. The first-order valence-corrected chi connectivity index (χ1v) is 4.34. The van der Waals surface area contributed by atoms with E-state index in [1.165, 1.54) is 0 Å². The Balaban J connectivity index is 2.95. The van der Waals surface area contributed by atoms with E-state index in [0.717, 1.165) is 15.6 Å². The fourth-order valence-corrected chi connectivity index (χ4v) is 1.91. The minimum atomic E-state index is 0.829. The molecule has 1 atom stereocenters. The second-order valence-electron chi connectivity index (χ2n) is 2.11. The van der Waals surface area contributed by atoms with Crippen LogP contribution in [-0.2, 0) is 0 Å². The molecule has 56 valence electrons. The molecule has 0 aliphatic carbocycles. The molecule has 0 saturated carbocycles. The molecule has 2 aromatic heterocycles. The van der Waals surface area contributed by atoms with Gasteiger partial charge in [-0.2, -0.15) is 5.10 Å². The lowest BCUT2D eigenvalue weighted by molar-refractivity contribution is 1.01. The summed E-state index contributed by atoms with van der Waals surface area (Å²) in [7, 11) is 2.48. The first kappa shape index (κ1) is 7.19. The van der Waals surface area contributed by atoms with Crippen molar-refractivity contribution in [2.24, 2.45) is 0 Å². The average molecular weight is 230 g/mol. The summed E-state index contributed by atoms with van der Waals surface area (Å²) >= 11 is 3.33. The highest BCUT2D eigenvalue weighted by Gasteiger charge is 2.04. The van der Waals surface area contributed by atoms with Crippen LogP contribution in [0, 0.1) is 0 Å². The normalized spacial score (nSPS) is 10.7. The molecule has 1 unspecified atom stereocenters. The van der Waals surface area contributed by atoms with E-state index < -0.39 is 0 Å². The third-order valence-corrected chi connectivity index (χ3v) is 2.37. The summed E-state index contributed by atoms with van der Waals surface area (Å²) in [6, 6.07) is 3.86.